The van der Waals surface area contributed by atoms with Crippen molar-refractivity contribution < 1.29 is 19.2 Å². The molecule has 0 atom stereocenters. The van der Waals surface area contributed by atoms with Gasteiger partial charge in [-0.2, -0.15) is 0 Å². The van der Waals surface area contributed by atoms with Crippen LogP contribution in [-0.2, 0) is 4.57 Å². The monoisotopic (exact) mass is 244 g/mol. The molecule has 2 rings (SSSR count). The Labute approximate surface area is 89.7 Å². The van der Waals surface area contributed by atoms with E-state index in [0.29, 0.717) is 0 Å². The maximum absolute atomic E-state index is 10.7. The summed E-state index contributed by atoms with van der Waals surface area (Å²) in [7, 11) is -4.64. The van der Waals surface area contributed by atoms with Gasteiger partial charge in [-0.1, -0.05) is 18.2 Å². The molecule has 0 radical (unpaired) electrons. The minimum Gasteiger partial charge on any atom is -0.305 e. The molecule has 0 saturated carbocycles. The highest BCUT2D eigenvalue weighted by Gasteiger charge is 2.00. The fourth-order valence-electron chi connectivity index (χ4n) is 0.999. The molecule has 0 aliphatic heterocycles. The van der Waals surface area contributed by atoms with Crippen LogP contribution in [0.4, 0.5) is 0 Å². The second kappa shape index (κ2) is 5.00. The van der Waals surface area contributed by atoms with Gasteiger partial charge in [-0.25, -0.2) is 14.3 Å². The molecule has 8 heteroatoms. The van der Waals surface area contributed by atoms with Crippen molar-refractivity contribution in [3.8, 4) is 0 Å². The molecule has 0 aliphatic rings. The summed E-state index contributed by atoms with van der Waals surface area (Å²) >= 11 is 0. The van der Waals surface area contributed by atoms with E-state index in [9.17, 15) is 4.79 Å². The van der Waals surface area contributed by atoms with Crippen molar-refractivity contribution in [3.63, 3.8) is 0 Å². The number of nitrogens with one attached hydrogen (secondary N) is 1. The number of aromatic nitrogens is 2. The van der Waals surface area contributed by atoms with E-state index in [-0.39, 0.29) is 5.69 Å². The van der Waals surface area contributed by atoms with Crippen LogP contribution in [0, 0.1) is 0 Å². The molecule has 16 heavy (non-hydrogen) atoms. The van der Waals surface area contributed by atoms with Crippen LogP contribution in [0.5, 0.6) is 0 Å². The Morgan fingerprint density at radius 3 is 2.38 bits per heavy atom. The van der Waals surface area contributed by atoms with Crippen LogP contribution in [0.2, 0.25) is 0 Å². The van der Waals surface area contributed by atoms with Crippen LogP contribution in [0.1, 0.15) is 0 Å². The predicted octanol–water partition coefficient (Wildman–Crippen LogP) is -0.00550. The van der Waals surface area contributed by atoms with Gasteiger partial charge >= 0.3 is 13.5 Å². The highest BCUT2D eigenvalue weighted by Crippen LogP contribution is 2.25. The molecule has 1 aromatic carbocycles. The number of H-pyrrole nitrogens is 1. The lowest BCUT2D eigenvalue weighted by molar-refractivity contribution is 0.275. The van der Waals surface area contributed by atoms with Crippen molar-refractivity contribution in [1.82, 2.24) is 9.97 Å². The van der Waals surface area contributed by atoms with Gasteiger partial charge in [-0.3, -0.25) is 0 Å². The van der Waals surface area contributed by atoms with Crippen LogP contribution in [0.15, 0.2) is 35.3 Å². The Balaban J connectivity index is 0.000000221. The smallest absolute Gasteiger partial charge is 0.305 e. The van der Waals surface area contributed by atoms with E-state index >= 15 is 0 Å². The second-order valence-electron chi connectivity index (χ2n) is 2.79. The Morgan fingerprint density at radius 2 is 1.75 bits per heavy atom. The van der Waals surface area contributed by atoms with Crippen LogP contribution < -0.4 is 5.69 Å². The van der Waals surface area contributed by atoms with E-state index in [0.717, 1.165) is 10.9 Å². The normalized spacial score (nSPS) is 10.7. The van der Waals surface area contributed by atoms with E-state index in [1.165, 1.54) is 0 Å². The molecule has 0 unspecified atom stereocenters. The van der Waals surface area contributed by atoms with Crippen LogP contribution in [-0.4, -0.2) is 24.6 Å². The summed E-state index contributed by atoms with van der Waals surface area (Å²) in [5.41, 5.74) is 0.524. The molecule has 0 saturated heterocycles. The molecule has 86 valence electrons. The molecule has 2 aromatic rings. The van der Waals surface area contributed by atoms with Crippen molar-refractivity contribution in [2.24, 2.45) is 0 Å². The summed E-state index contributed by atoms with van der Waals surface area (Å²) in [4.78, 5) is 38.5. The molecule has 1 aromatic heterocycles. The van der Waals surface area contributed by atoms with Crippen molar-refractivity contribution in [1.29, 1.82) is 0 Å². The molecular weight excluding hydrogens is 235 g/mol. The van der Waals surface area contributed by atoms with Crippen molar-refractivity contribution in [3.05, 3.63) is 40.9 Å². The lowest BCUT2D eigenvalue weighted by Crippen LogP contribution is -2.07. The molecule has 0 amide bonds. The quantitative estimate of drug-likeness (QED) is 0.483. The number of hydrogen-bond acceptors (Lipinski definition) is 3. The van der Waals surface area contributed by atoms with Gasteiger partial charge in [0.15, 0.2) is 0 Å². The largest absolute Gasteiger partial charge is 0.466 e. The highest BCUT2D eigenvalue weighted by atomic mass is 31.2. The fraction of sp³-hybridized carbons (Fsp3) is 0. The minimum absolute atomic E-state index is 0.302. The average molecular weight is 244 g/mol. The number of benzene rings is 1. The summed E-state index contributed by atoms with van der Waals surface area (Å²) in [6, 6.07) is 7.53. The van der Waals surface area contributed by atoms with Gasteiger partial charge in [0.2, 0.25) is 0 Å². The maximum atomic E-state index is 10.7. The topological polar surface area (TPSA) is 124 Å². The van der Waals surface area contributed by atoms with Gasteiger partial charge < -0.3 is 19.7 Å². The third kappa shape index (κ3) is 4.81. The van der Waals surface area contributed by atoms with Crippen molar-refractivity contribution in [2.45, 2.75) is 0 Å². The second-order valence-corrected chi connectivity index (χ2v) is 3.82. The maximum Gasteiger partial charge on any atom is 0.466 e. The standard InChI is InChI=1S/C8H6N2O.H3O4P/c11-8-9-5-6-3-1-2-4-7(6)10-8;1-5(2,3)4/h1-5H,(H,9,10,11);(H3,1,2,3,4). The molecule has 0 fully saturated rings. The summed E-state index contributed by atoms with van der Waals surface area (Å²) in [6.07, 6.45) is 1.56. The van der Waals surface area contributed by atoms with E-state index in [1.807, 2.05) is 24.3 Å². The lowest BCUT2D eigenvalue weighted by atomic mass is 10.2. The number of para-hydroxylation sites is 1. The Hall–Kier alpha value is -1.53. The first-order chi connectivity index (χ1) is 7.36. The summed E-state index contributed by atoms with van der Waals surface area (Å²) < 4.78 is 8.88. The highest BCUT2D eigenvalue weighted by molar-refractivity contribution is 7.45. The Bertz CT molecular complexity index is 567. The number of aromatic amines is 1. The van der Waals surface area contributed by atoms with Crippen LogP contribution in [0.3, 0.4) is 0 Å². The third-order valence-electron chi connectivity index (χ3n) is 1.52. The zero-order valence-electron chi connectivity index (χ0n) is 7.94. The van der Waals surface area contributed by atoms with E-state index in [4.69, 9.17) is 19.2 Å². The van der Waals surface area contributed by atoms with Gasteiger partial charge in [0.05, 0.1) is 5.52 Å². The summed E-state index contributed by atoms with van der Waals surface area (Å²) in [6.45, 7) is 0. The van der Waals surface area contributed by atoms with Crippen molar-refractivity contribution in [2.75, 3.05) is 0 Å². The molecule has 4 N–H and O–H groups in total. The first-order valence-electron chi connectivity index (χ1n) is 4.08. The fourth-order valence-corrected chi connectivity index (χ4v) is 0.999. The third-order valence-corrected chi connectivity index (χ3v) is 1.52. The molecular formula is C8H9N2O5P. The van der Waals surface area contributed by atoms with Crippen molar-refractivity contribution >= 4 is 18.7 Å². The first-order valence-corrected chi connectivity index (χ1v) is 5.65. The SMILES string of the molecule is O=P(O)(O)O.O=c1ncc2ccccc2[nH]1. The van der Waals surface area contributed by atoms with Gasteiger partial charge in [0.25, 0.3) is 0 Å². The van der Waals surface area contributed by atoms with E-state index < -0.39 is 7.82 Å². The molecule has 0 aliphatic carbocycles. The number of phosphoric acid groups is 1. The van der Waals surface area contributed by atoms with Gasteiger partial charge in [-0.15, -0.1) is 0 Å². The Morgan fingerprint density at radius 1 is 1.19 bits per heavy atom. The minimum atomic E-state index is -4.64. The molecule has 0 spiro atoms. The van der Waals surface area contributed by atoms with Crippen LogP contribution in [0.25, 0.3) is 10.9 Å². The van der Waals surface area contributed by atoms with E-state index in [2.05, 4.69) is 9.97 Å². The first kappa shape index (κ1) is 12.5. The van der Waals surface area contributed by atoms with Gasteiger partial charge in [0.1, 0.15) is 0 Å². The van der Waals surface area contributed by atoms with E-state index in [1.54, 1.807) is 6.20 Å². The zero-order valence-corrected chi connectivity index (χ0v) is 8.83. The van der Waals surface area contributed by atoms with Crippen LogP contribution >= 0.6 is 7.82 Å². The Kier molecular flexibility index (Phi) is 3.92. The molecule has 1 heterocycles. The van der Waals surface area contributed by atoms with Gasteiger partial charge in [-0.05, 0) is 6.07 Å². The zero-order chi connectivity index (χ0) is 12.2. The lowest BCUT2D eigenvalue weighted by Gasteiger charge is -1.92. The summed E-state index contributed by atoms with van der Waals surface area (Å²) in [5.74, 6) is 0. The number of rotatable bonds is 0. The predicted molar refractivity (Wildman–Crippen MR) is 56.6 cm³/mol. The van der Waals surface area contributed by atoms with Gasteiger partial charge in [0, 0.05) is 11.6 Å². The summed E-state index contributed by atoms with van der Waals surface area (Å²) in [5, 5.41) is 0.951. The molecule has 7 nitrogen and oxygen atoms in total. The average Bonchev–Trinajstić information content (AvgIpc) is 2.15. The number of fused-ring (bicyclic) bond motifs is 1. The number of nitrogens with zero attached hydrogens (tertiary/aromatic N) is 1. The number of hydrogen-bond donors (Lipinski definition) is 4. The molecule has 0 bridgehead atoms.